The van der Waals surface area contributed by atoms with Crippen LogP contribution in [0, 0.1) is 17.8 Å². The molecule has 3 aromatic rings. The van der Waals surface area contributed by atoms with Gasteiger partial charge in [0.1, 0.15) is 11.6 Å². The van der Waals surface area contributed by atoms with Crippen LogP contribution in [0.25, 0.3) is 11.0 Å². The molecule has 37 heavy (non-hydrogen) atoms. The molecule has 1 amide bonds. The molecule has 4 aliphatic rings. The average molecular weight is 506 g/mol. The van der Waals surface area contributed by atoms with Crippen LogP contribution in [-0.4, -0.2) is 58.0 Å². The van der Waals surface area contributed by atoms with E-state index >= 15 is 0 Å². The van der Waals surface area contributed by atoms with Crippen LogP contribution in [0.3, 0.4) is 0 Å². The van der Waals surface area contributed by atoms with E-state index in [1.807, 2.05) is 22.8 Å². The second kappa shape index (κ2) is 8.56. The summed E-state index contributed by atoms with van der Waals surface area (Å²) in [6.07, 6.45) is 4.97. The first-order valence-corrected chi connectivity index (χ1v) is 12.9. The number of alkyl halides is 2. The zero-order chi connectivity index (χ0) is 27.8. The summed E-state index contributed by atoms with van der Waals surface area (Å²) >= 11 is 0. The number of fused-ring (bicyclic) bond motifs is 9. The minimum absolute atomic E-state index is 0.0442. The normalized spacial score (nSPS) is 26.6. The molecule has 2 fully saturated rings. The molecule has 1 saturated heterocycles. The van der Waals surface area contributed by atoms with Crippen molar-refractivity contribution < 1.29 is 22.4 Å². The smallest absolute Gasteiger partial charge is 0.387 e. The molecule has 2 aromatic carbocycles. The summed E-state index contributed by atoms with van der Waals surface area (Å²) < 4.78 is 58.0. The lowest BCUT2D eigenvalue weighted by atomic mass is 9.97. The third-order valence-electron chi connectivity index (χ3n) is 8.09. The summed E-state index contributed by atoms with van der Waals surface area (Å²) in [6, 6.07) is 9.22. The molecule has 2 bridgehead atoms. The van der Waals surface area contributed by atoms with Gasteiger partial charge in [0.25, 0.3) is 5.91 Å². The van der Waals surface area contributed by atoms with Gasteiger partial charge in [-0.2, -0.15) is 8.78 Å². The summed E-state index contributed by atoms with van der Waals surface area (Å²) in [4.78, 5) is 21.7. The molecule has 7 rings (SSSR count). The van der Waals surface area contributed by atoms with Crippen LogP contribution in [0.5, 0.6) is 5.75 Å². The Bertz CT molecular complexity index is 1570. The highest BCUT2D eigenvalue weighted by Gasteiger charge is 2.45. The molecule has 0 N–H and O–H groups in total. The number of aromatic nitrogens is 2. The van der Waals surface area contributed by atoms with E-state index in [1.165, 1.54) is 31.0 Å². The number of piperidine rings is 1. The predicted molar refractivity (Wildman–Crippen MR) is 135 cm³/mol. The monoisotopic (exact) mass is 505 g/mol. The van der Waals surface area contributed by atoms with E-state index in [1.54, 1.807) is 0 Å². The van der Waals surface area contributed by atoms with Gasteiger partial charge in [-0.25, -0.2) is 4.98 Å². The molecule has 8 heteroatoms. The number of hydrogen-bond donors (Lipinski definition) is 0. The van der Waals surface area contributed by atoms with Gasteiger partial charge in [0.2, 0.25) is 0 Å². The van der Waals surface area contributed by atoms with Gasteiger partial charge in [0.05, 0.1) is 23.1 Å². The Morgan fingerprint density at radius 2 is 2.08 bits per heavy atom. The molecule has 3 aliphatic heterocycles. The maximum Gasteiger partial charge on any atom is 0.387 e. The van der Waals surface area contributed by atoms with E-state index in [2.05, 4.69) is 16.7 Å². The van der Waals surface area contributed by atoms with Crippen molar-refractivity contribution in [3.63, 3.8) is 0 Å². The first kappa shape index (κ1) is 19.6. The van der Waals surface area contributed by atoms with Crippen molar-refractivity contribution in [3.05, 3.63) is 58.9 Å². The number of carbonyl (C=O) groups excluding carboxylic acids is 1. The van der Waals surface area contributed by atoms with Crippen LogP contribution in [0.4, 0.5) is 8.78 Å². The molecule has 1 saturated carbocycles. The molecular formula is C29H28F2N4O2. The number of likely N-dealkylation sites (tertiary alicyclic amines) is 1. The number of imidazole rings is 1. The number of halogens is 2. The van der Waals surface area contributed by atoms with Gasteiger partial charge >= 0.3 is 6.61 Å². The zero-order valence-corrected chi connectivity index (χ0v) is 20.2. The number of nitrogens with zero attached hydrogens (tertiary/aromatic N) is 4. The van der Waals surface area contributed by atoms with Crippen molar-refractivity contribution in [2.24, 2.45) is 5.92 Å². The fraction of sp³-hybridized carbons (Fsp3) is 0.448. The van der Waals surface area contributed by atoms with Gasteiger partial charge in [0, 0.05) is 52.7 Å². The van der Waals surface area contributed by atoms with E-state index in [-0.39, 0.29) is 23.3 Å². The summed E-state index contributed by atoms with van der Waals surface area (Å²) in [7, 11) is 0. The van der Waals surface area contributed by atoms with E-state index in [0.717, 1.165) is 48.0 Å². The van der Waals surface area contributed by atoms with E-state index in [4.69, 9.17) is 13.8 Å². The van der Waals surface area contributed by atoms with Gasteiger partial charge in [-0.1, -0.05) is 17.9 Å². The SMILES string of the molecule is [2H]C([2H])([2H])N1C(=O)c2cccc(OC(F)F)c2[C@H]2C[C@@H]1c1nc3ccc(C#CC4CCCN(C5CC5)C4)cc3n12. The molecule has 1 unspecified atom stereocenters. The van der Waals surface area contributed by atoms with Crippen LogP contribution in [0.1, 0.15) is 75.6 Å². The standard InChI is InChI=1S/C29H28F2N4O2/c1-33-24-15-23(26-20(28(33)36)5-2-6-25(26)37-29(30)31)35-22-14-17(9-12-21(22)32-27(24)35)7-8-18-4-3-13-34(16-18)19-10-11-19/h2,5-6,9,12,14,18-19,23-24,29H,3-4,10-11,13,15-16H2,1H3/t18?,23-,24-/m1/s1/i1D3. The fourth-order valence-corrected chi connectivity index (χ4v) is 6.27. The molecule has 190 valence electrons. The van der Waals surface area contributed by atoms with E-state index < -0.39 is 31.6 Å². The number of hydrogen-bond acceptors (Lipinski definition) is 4. The molecule has 6 nitrogen and oxygen atoms in total. The second-order valence-corrected chi connectivity index (χ2v) is 10.4. The van der Waals surface area contributed by atoms with Gasteiger partial charge in [-0.3, -0.25) is 9.69 Å². The van der Waals surface area contributed by atoms with E-state index in [0.29, 0.717) is 17.3 Å². The van der Waals surface area contributed by atoms with Crippen LogP contribution in [0.15, 0.2) is 36.4 Å². The quantitative estimate of drug-likeness (QED) is 0.471. The maximum atomic E-state index is 13.6. The second-order valence-electron chi connectivity index (χ2n) is 10.4. The van der Waals surface area contributed by atoms with Gasteiger partial charge in [-0.15, -0.1) is 0 Å². The van der Waals surface area contributed by atoms with Crippen molar-refractivity contribution in [3.8, 4) is 17.6 Å². The summed E-state index contributed by atoms with van der Waals surface area (Å²) in [5, 5.41) is 0. The Morgan fingerprint density at radius 3 is 2.89 bits per heavy atom. The Hall–Kier alpha value is -3.44. The number of amides is 1. The predicted octanol–water partition coefficient (Wildman–Crippen LogP) is 4.98. The molecule has 3 atom stereocenters. The van der Waals surface area contributed by atoms with Gasteiger partial charge in [-0.05, 0) is 62.6 Å². The lowest BCUT2D eigenvalue weighted by molar-refractivity contribution is -0.0507. The number of benzene rings is 2. The first-order valence-electron chi connectivity index (χ1n) is 14.4. The Morgan fingerprint density at radius 1 is 1.19 bits per heavy atom. The molecule has 0 radical (unpaired) electrons. The van der Waals surface area contributed by atoms with Crippen molar-refractivity contribution in [2.45, 2.75) is 56.8 Å². The van der Waals surface area contributed by atoms with Crippen molar-refractivity contribution in [2.75, 3.05) is 20.1 Å². The zero-order valence-electron chi connectivity index (χ0n) is 23.2. The highest BCUT2D eigenvalue weighted by Crippen LogP contribution is 2.50. The summed E-state index contributed by atoms with van der Waals surface area (Å²) in [6.45, 7) is -3.72. The van der Waals surface area contributed by atoms with Crippen LogP contribution in [-0.2, 0) is 0 Å². The Kier molecular flexibility index (Phi) is 4.54. The third-order valence-corrected chi connectivity index (χ3v) is 8.09. The molecule has 0 spiro atoms. The highest BCUT2D eigenvalue weighted by atomic mass is 19.3. The molecule has 1 aliphatic carbocycles. The highest BCUT2D eigenvalue weighted by molar-refractivity contribution is 5.97. The Labute approximate surface area is 218 Å². The molecule has 4 heterocycles. The molecule has 1 aromatic heterocycles. The number of ether oxygens (including phenoxy) is 1. The van der Waals surface area contributed by atoms with E-state index in [9.17, 15) is 13.6 Å². The lowest BCUT2D eigenvalue weighted by Crippen LogP contribution is -2.36. The fourth-order valence-electron chi connectivity index (χ4n) is 6.27. The first-order chi connectivity index (χ1) is 19.2. The topological polar surface area (TPSA) is 50.6 Å². The van der Waals surface area contributed by atoms with Crippen LogP contribution < -0.4 is 4.74 Å². The van der Waals surface area contributed by atoms with Crippen molar-refractivity contribution >= 4 is 16.9 Å². The van der Waals surface area contributed by atoms with Crippen molar-refractivity contribution in [1.29, 1.82) is 0 Å². The average Bonchev–Trinajstić information content (AvgIpc) is 3.63. The van der Waals surface area contributed by atoms with Crippen molar-refractivity contribution in [1.82, 2.24) is 19.4 Å². The lowest BCUT2D eigenvalue weighted by Gasteiger charge is -2.30. The van der Waals surface area contributed by atoms with Crippen LogP contribution in [0.2, 0.25) is 0 Å². The number of rotatable bonds is 3. The summed E-state index contributed by atoms with van der Waals surface area (Å²) in [5.74, 6) is 6.63. The third kappa shape index (κ3) is 3.79. The largest absolute Gasteiger partial charge is 0.434 e. The number of carbonyl (C=O) groups is 1. The Balaban J connectivity index is 1.33. The van der Waals surface area contributed by atoms with Gasteiger partial charge < -0.3 is 14.2 Å². The van der Waals surface area contributed by atoms with Crippen LogP contribution >= 0.6 is 0 Å². The summed E-state index contributed by atoms with van der Waals surface area (Å²) in [5.41, 5.74) is 2.44. The minimum atomic E-state index is -3.10. The maximum absolute atomic E-state index is 13.6. The minimum Gasteiger partial charge on any atom is -0.434 e. The van der Waals surface area contributed by atoms with Gasteiger partial charge in [0.15, 0.2) is 0 Å². The molecular weight excluding hydrogens is 474 g/mol.